The molecule has 188 valence electrons. The van der Waals surface area contributed by atoms with Crippen molar-refractivity contribution in [2.24, 2.45) is 7.05 Å². The van der Waals surface area contributed by atoms with Crippen molar-refractivity contribution in [1.29, 1.82) is 10.7 Å². The topological polar surface area (TPSA) is 138 Å². The molecule has 10 nitrogen and oxygen atoms in total. The molecule has 11 heteroatoms. The SMILES string of the molecule is CCOC(=O)/C(C#N)=c1/sc(=C(O)Nc2c(C)n(C)n(-c3ccccc3)c2=O)c(=N)n1-c1ccccc1. The maximum Gasteiger partial charge on any atom is 0.351 e. The molecular weight excluding hydrogens is 492 g/mol. The molecule has 0 aliphatic carbocycles. The Kier molecular flexibility index (Phi) is 7.13. The first-order chi connectivity index (χ1) is 17.8. The van der Waals surface area contributed by atoms with Crippen molar-refractivity contribution in [2.45, 2.75) is 13.8 Å². The van der Waals surface area contributed by atoms with Gasteiger partial charge in [0, 0.05) is 12.7 Å². The summed E-state index contributed by atoms with van der Waals surface area (Å²) >= 11 is 0.864. The highest BCUT2D eigenvalue weighted by Crippen LogP contribution is 2.15. The highest BCUT2D eigenvalue weighted by Gasteiger charge is 2.20. The first-order valence-electron chi connectivity index (χ1n) is 11.3. The average Bonchev–Trinajstić information content (AvgIpc) is 3.34. The highest BCUT2D eigenvalue weighted by atomic mass is 32.1. The summed E-state index contributed by atoms with van der Waals surface area (Å²) in [7, 11) is 1.72. The number of aromatic nitrogens is 3. The minimum atomic E-state index is -0.834. The smallest absolute Gasteiger partial charge is 0.351 e. The number of hydrogen-bond acceptors (Lipinski definition) is 8. The molecule has 0 radical (unpaired) electrons. The van der Waals surface area contributed by atoms with E-state index in [-0.39, 0.29) is 32.6 Å². The number of para-hydroxylation sites is 2. The van der Waals surface area contributed by atoms with Crippen LogP contribution in [-0.2, 0) is 16.6 Å². The number of nitriles is 1. The summed E-state index contributed by atoms with van der Waals surface area (Å²) in [5.74, 6) is -1.29. The Hall–Kier alpha value is -4.82. The molecule has 4 aromatic rings. The second-order valence-corrected chi connectivity index (χ2v) is 8.87. The van der Waals surface area contributed by atoms with Gasteiger partial charge in [-0.25, -0.2) is 9.48 Å². The van der Waals surface area contributed by atoms with Gasteiger partial charge in [0.05, 0.1) is 18.0 Å². The molecule has 4 rings (SSSR count). The van der Waals surface area contributed by atoms with Gasteiger partial charge in [0.25, 0.3) is 5.56 Å². The van der Waals surface area contributed by atoms with Crippen LogP contribution in [0.25, 0.3) is 22.8 Å². The lowest BCUT2D eigenvalue weighted by atomic mass is 10.3. The molecule has 0 bridgehead atoms. The maximum atomic E-state index is 13.3. The average molecular weight is 517 g/mol. The van der Waals surface area contributed by atoms with Gasteiger partial charge in [-0.05, 0) is 38.1 Å². The van der Waals surface area contributed by atoms with E-state index in [1.807, 2.05) is 24.3 Å². The van der Waals surface area contributed by atoms with E-state index in [0.717, 1.165) is 11.3 Å². The van der Waals surface area contributed by atoms with Gasteiger partial charge >= 0.3 is 5.97 Å². The molecule has 2 heterocycles. The van der Waals surface area contributed by atoms with E-state index in [1.54, 1.807) is 68.0 Å². The first-order valence-corrected chi connectivity index (χ1v) is 12.1. The van der Waals surface area contributed by atoms with E-state index in [4.69, 9.17) is 10.1 Å². The summed E-state index contributed by atoms with van der Waals surface area (Å²) in [5, 5.41) is 32.4. The van der Waals surface area contributed by atoms with Crippen LogP contribution in [0.3, 0.4) is 0 Å². The molecule has 2 aromatic carbocycles. The number of carbonyl (C=O) groups is 1. The van der Waals surface area contributed by atoms with Gasteiger partial charge < -0.3 is 15.2 Å². The number of hydrogen-bond donors (Lipinski definition) is 3. The zero-order valence-corrected chi connectivity index (χ0v) is 21.2. The number of anilines is 1. The lowest BCUT2D eigenvalue weighted by Gasteiger charge is -2.07. The van der Waals surface area contributed by atoms with E-state index in [1.165, 1.54) is 9.25 Å². The molecule has 3 N–H and O–H groups in total. The number of esters is 1. The number of carbonyl (C=O) groups excluding carboxylic acids is 1. The lowest BCUT2D eigenvalue weighted by molar-refractivity contribution is -0.136. The number of nitrogens with one attached hydrogen (secondary N) is 2. The van der Waals surface area contributed by atoms with Gasteiger partial charge in [0.1, 0.15) is 21.0 Å². The van der Waals surface area contributed by atoms with Gasteiger partial charge in [-0.3, -0.25) is 19.5 Å². The third kappa shape index (κ3) is 4.57. The standard InChI is InChI=1S/C26H24N6O4S/c1-4-36-26(35)19(15-27)25-31(17-11-7-5-8-12-17)22(28)21(37-25)23(33)29-20-16(2)30(3)32(24(20)34)18-13-9-6-10-14-18/h5-14,28-29,33H,4H2,1-3H3/b23-21?,25-19+,28-22?. The van der Waals surface area contributed by atoms with Crippen molar-refractivity contribution in [1.82, 2.24) is 13.9 Å². The molecule has 0 saturated carbocycles. The van der Waals surface area contributed by atoms with Crippen LogP contribution in [0.15, 0.2) is 65.5 Å². The van der Waals surface area contributed by atoms with Crippen LogP contribution in [0.2, 0.25) is 0 Å². The number of ether oxygens (including phenoxy) is 1. The summed E-state index contributed by atoms with van der Waals surface area (Å²) in [6.45, 7) is 3.42. The molecule has 37 heavy (non-hydrogen) atoms. The Morgan fingerprint density at radius 1 is 1.14 bits per heavy atom. The number of rotatable bonds is 6. The first kappa shape index (κ1) is 25.3. The summed E-state index contributed by atoms with van der Waals surface area (Å²) in [6, 6.07) is 19.6. The predicted molar refractivity (Wildman–Crippen MR) is 140 cm³/mol. The van der Waals surface area contributed by atoms with Gasteiger partial charge in [-0.1, -0.05) is 36.4 Å². The molecule has 0 aliphatic rings. The van der Waals surface area contributed by atoms with E-state index >= 15 is 0 Å². The third-order valence-corrected chi connectivity index (χ3v) is 6.84. The molecule has 0 aliphatic heterocycles. The molecule has 0 atom stereocenters. The Labute approximate surface area is 215 Å². The second kappa shape index (κ2) is 10.4. The zero-order valence-electron chi connectivity index (χ0n) is 20.3. The van der Waals surface area contributed by atoms with E-state index < -0.39 is 17.4 Å². The molecule has 0 amide bonds. The Morgan fingerprint density at radius 2 is 1.73 bits per heavy atom. The normalized spacial score (nSPS) is 12.5. The summed E-state index contributed by atoms with van der Waals surface area (Å²) in [6.07, 6.45) is 0. The van der Waals surface area contributed by atoms with Crippen molar-refractivity contribution >= 4 is 34.4 Å². The highest BCUT2D eigenvalue weighted by molar-refractivity contribution is 7.07. The minimum Gasteiger partial charge on any atom is -0.493 e. The molecular formula is C26H24N6O4S. The van der Waals surface area contributed by atoms with Gasteiger partial charge in [0.2, 0.25) is 5.88 Å². The Balaban J connectivity index is 1.97. The predicted octanol–water partition coefficient (Wildman–Crippen LogP) is 1.79. The lowest BCUT2D eigenvalue weighted by Crippen LogP contribution is -2.34. The van der Waals surface area contributed by atoms with Gasteiger partial charge in [-0.15, -0.1) is 11.3 Å². The third-order valence-electron chi connectivity index (χ3n) is 5.67. The van der Waals surface area contributed by atoms with Crippen LogP contribution in [-0.4, -0.2) is 31.6 Å². The molecule has 0 unspecified atom stereocenters. The fourth-order valence-electron chi connectivity index (χ4n) is 3.81. The molecule has 0 saturated heterocycles. The fraction of sp³-hybridized carbons (Fsp3) is 0.154. The van der Waals surface area contributed by atoms with Crippen LogP contribution in [0, 0.1) is 23.7 Å². The minimum absolute atomic E-state index is 0.0322. The summed E-state index contributed by atoms with van der Waals surface area (Å²) in [4.78, 5) is 25.8. The number of nitrogens with zero attached hydrogens (tertiary/aromatic N) is 4. The summed E-state index contributed by atoms with van der Waals surface area (Å²) in [5.41, 5.74) is 0.963. The van der Waals surface area contributed by atoms with Crippen molar-refractivity contribution in [3.63, 3.8) is 0 Å². The molecule has 2 aromatic heterocycles. The quantitative estimate of drug-likeness (QED) is 0.334. The van der Waals surface area contributed by atoms with Crippen LogP contribution in [0.5, 0.6) is 0 Å². The fourth-order valence-corrected chi connectivity index (χ4v) is 4.86. The Bertz CT molecular complexity index is 1760. The van der Waals surface area contributed by atoms with E-state index in [2.05, 4.69) is 5.32 Å². The number of thiazole rings is 1. The monoisotopic (exact) mass is 516 g/mol. The van der Waals surface area contributed by atoms with E-state index in [9.17, 15) is 20.0 Å². The van der Waals surface area contributed by atoms with Crippen molar-refractivity contribution in [2.75, 3.05) is 11.9 Å². The largest absolute Gasteiger partial charge is 0.493 e. The van der Waals surface area contributed by atoms with Crippen molar-refractivity contribution in [3.8, 4) is 17.4 Å². The maximum absolute atomic E-state index is 13.3. The number of benzene rings is 2. The van der Waals surface area contributed by atoms with Gasteiger partial charge in [-0.2, -0.15) is 5.26 Å². The second-order valence-electron chi connectivity index (χ2n) is 7.87. The van der Waals surface area contributed by atoms with Crippen LogP contribution in [0.4, 0.5) is 5.69 Å². The van der Waals surface area contributed by atoms with Crippen LogP contribution >= 0.6 is 11.3 Å². The van der Waals surface area contributed by atoms with Crippen molar-refractivity contribution < 1.29 is 14.6 Å². The Morgan fingerprint density at radius 3 is 2.30 bits per heavy atom. The van der Waals surface area contributed by atoms with Crippen LogP contribution in [0.1, 0.15) is 12.6 Å². The molecule has 0 spiro atoms. The van der Waals surface area contributed by atoms with Gasteiger partial charge in [0.15, 0.2) is 11.1 Å². The van der Waals surface area contributed by atoms with Crippen molar-refractivity contribution in [3.05, 3.63) is 91.4 Å². The number of aliphatic hydroxyl groups excluding tert-OH is 1. The summed E-state index contributed by atoms with van der Waals surface area (Å²) < 4.78 is 9.68. The van der Waals surface area contributed by atoms with E-state index in [0.29, 0.717) is 17.1 Å². The zero-order chi connectivity index (χ0) is 26.7. The number of aliphatic hydroxyl groups is 1. The van der Waals surface area contributed by atoms with Crippen LogP contribution < -0.4 is 25.6 Å². The molecule has 0 fully saturated rings.